The Morgan fingerprint density at radius 2 is 0.625 bits per heavy atom. The Morgan fingerprint density at radius 3 is 0.844 bits per heavy atom. The summed E-state index contributed by atoms with van der Waals surface area (Å²) in [5.74, 6) is 0. The van der Waals surface area contributed by atoms with Crippen LogP contribution in [0.4, 0.5) is 0 Å². The third-order valence-electron chi connectivity index (χ3n) is 5.10. The molecule has 0 N–H and O–H groups in total. The highest BCUT2D eigenvalue weighted by atomic mass is 32.1. The van der Waals surface area contributed by atoms with Crippen LogP contribution in [0.2, 0.25) is 0 Å². The summed E-state index contributed by atoms with van der Waals surface area (Å²) < 4.78 is 0. The highest BCUT2D eigenvalue weighted by Gasteiger charge is 2.13. The molecule has 0 aliphatic rings. The van der Waals surface area contributed by atoms with Gasteiger partial charge >= 0.3 is 0 Å². The van der Waals surface area contributed by atoms with Gasteiger partial charge in [0.05, 0.1) is 0 Å². The summed E-state index contributed by atoms with van der Waals surface area (Å²) >= 11 is 11.2. The standard InChI is InChI=1S/C26H18S6/c1-15-11-25(27-13-15)23-9-7-21(31-23)19-5-3-17(29-19)18-4-6-20(30-18)22-8-10-24(32-22)26-12-16(2)14-28-26/h3-14H,1-2H3. The van der Waals surface area contributed by atoms with Crippen LogP contribution in [0.25, 0.3) is 48.8 Å². The van der Waals surface area contributed by atoms with Crippen molar-refractivity contribution < 1.29 is 0 Å². The molecular formula is C26H18S6. The first-order valence-electron chi connectivity index (χ1n) is 10.1. The highest BCUT2D eigenvalue weighted by molar-refractivity contribution is 7.30. The van der Waals surface area contributed by atoms with Crippen LogP contribution in [-0.4, -0.2) is 0 Å². The first-order valence-corrected chi connectivity index (χ1v) is 15.2. The van der Waals surface area contributed by atoms with Crippen molar-refractivity contribution in [3.8, 4) is 48.8 Å². The van der Waals surface area contributed by atoms with Crippen molar-refractivity contribution in [3.63, 3.8) is 0 Å². The maximum atomic E-state index is 2.28. The minimum absolute atomic E-state index is 1.34. The summed E-state index contributed by atoms with van der Waals surface area (Å²) in [6.07, 6.45) is 0. The van der Waals surface area contributed by atoms with E-state index in [1.54, 1.807) is 0 Å². The summed E-state index contributed by atoms with van der Waals surface area (Å²) in [7, 11) is 0. The van der Waals surface area contributed by atoms with E-state index in [1.807, 2.05) is 68.0 Å². The Bertz CT molecular complexity index is 1390. The van der Waals surface area contributed by atoms with Crippen LogP contribution in [0.1, 0.15) is 11.1 Å². The largest absolute Gasteiger partial charge is 0.143 e. The molecule has 6 rings (SSSR count). The molecule has 0 amide bonds. The second-order valence-corrected chi connectivity index (χ2v) is 13.8. The van der Waals surface area contributed by atoms with Crippen LogP contribution in [-0.2, 0) is 0 Å². The van der Waals surface area contributed by atoms with Gasteiger partial charge in [0.25, 0.3) is 0 Å². The van der Waals surface area contributed by atoms with Crippen molar-refractivity contribution in [2.24, 2.45) is 0 Å². The van der Waals surface area contributed by atoms with Crippen LogP contribution in [0, 0.1) is 13.8 Å². The fourth-order valence-electron chi connectivity index (χ4n) is 3.53. The molecule has 0 aliphatic heterocycles. The molecule has 6 aromatic rings. The van der Waals surface area contributed by atoms with Gasteiger partial charge in [0.2, 0.25) is 0 Å². The van der Waals surface area contributed by atoms with E-state index in [9.17, 15) is 0 Å². The van der Waals surface area contributed by atoms with Crippen LogP contribution in [0.3, 0.4) is 0 Å². The zero-order chi connectivity index (χ0) is 21.7. The van der Waals surface area contributed by atoms with E-state index >= 15 is 0 Å². The first kappa shape index (κ1) is 20.8. The third-order valence-corrected chi connectivity index (χ3v) is 12.5. The van der Waals surface area contributed by atoms with Gasteiger partial charge in [-0.2, -0.15) is 0 Å². The maximum absolute atomic E-state index is 2.28. The van der Waals surface area contributed by atoms with Crippen molar-refractivity contribution in [3.05, 3.63) is 82.6 Å². The van der Waals surface area contributed by atoms with Gasteiger partial charge < -0.3 is 0 Å². The van der Waals surface area contributed by atoms with Gasteiger partial charge in [0.15, 0.2) is 0 Å². The summed E-state index contributed by atoms with van der Waals surface area (Å²) in [5.41, 5.74) is 2.69. The van der Waals surface area contributed by atoms with E-state index in [0.29, 0.717) is 0 Å². The van der Waals surface area contributed by atoms with Crippen LogP contribution < -0.4 is 0 Å². The SMILES string of the molecule is Cc1csc(-c2ccc(-c3ccc(-c4ccc(-c5ccc(-c6cc(C)cs6)s5)s4)s3)s2)c1. The fourth-order valence-corrected chi connectivity index (χ4v) is 9.83. The molecule has 0 unspecified atom stereocenters. The zero-order valence-corrected chi connectivity index (χ0v) is 22.3. The second-order valence-electron chi connectivity index (χ2n) is 7.63. The van der Waals surface area contributed by atoms with Gasteiger partial charge in [-0.15, -0.1) is 68.0 Å². The first-order chi connectivity index (χ1) is 15.6. The minimum Gasteiger partial charge on any atom is -0.143 e. The Hall–Kier alpha value is -1.80. The summed E-state index contributed by atoms with van der Waals surface area (Å²) in [6.45, 7) is 4.32. The average Bonchev–Trinajstić information content (AvgIpc) is 3.61. The summed E-state index contributed by atoms with van der Waals surface area (Å²) in [6, 6.07) is 22.7. The van der Waals surface area contributed by atoms with Gasteiger partial charge in [-0.05, 0) is 96.4 Å². The van der Waals surface area contributed by atoms with Crippen molar-refractivity contribution in [2.45, 2.75) is 13.8 Å². The Kier molecular flexibility index (Phi) is 5.53. The quantitative estimate of drug-likeness (QED) is 0.211. The summed E-state index contributed by atoms with van der Waals surface area (Å²) in [4.78, 5) is 13.6. The van der Waals surface area contributed by atoms with Gasteiger partial charge in [0, 0.05) is 48.8 Å². The molecule has 6 heterocycles. The molecule has 32 heavy (non-hydrogen) atoms. The Labute approximate surface area is 211 Å². The monoisotopic (exact) mass is 522 g/mol. The van der Waals surface area contributed by atoms with E-state index in [2.05, 4.69) is 85.3 Å². The van der Waals surface area contributed by atoms with E-state index in [1.165, 1.54) is 59.9 Å². The smallest absolute Gasteiger partial charge is 0.0449 e. The molecule has 0 saturated carbocycles. The molecule has 6 aromatic heterocycles. The molecule has 0 nitrogen and oxygen atoms in total. The lowest BCUT2D eigenvalue weighted by molar-refractivity contribution is 1.56. The molecule has 0 fully saturated rings. The summed E-state index contributed by atoms with van der Waals surface area (Å²) in [5, 5.41) is 4.45. The molecule has 0 spiro atoms. The van der Waals surface area contributed by atoms with Gasteiger partial charge in [-0.25, -0.2) is 0 Å². The van der Waals surface area contributed by atoms with E-state index in [4.69, 9.17) is 0 Å². The van der Waals surface area contributed by atoms with E-state index in [0.717, 1.165) is 0 Å². The predicted molar refractivity (Wildman–Crippen MR) is 150 cm³/mol. The average molecular weight is 523 g/mol. The maximum Gasteiger partial charge on any atom is 0.0449 e. The molecule has 0 saturated heterocycles. The Balaban J connectivity index is 1.24. The normalized spacial score (nSPS) is 11.4. The van der Waals surface area contributed by atoms with Gasteiger partial charge in [-0.3, -0.25) is 0 Å². The number of hydrogen-bond donors (Lipinski definition) is 0. The van der Waals surface area contributed by atoms with Gasteiger partial charge in [0.1, 0.15) is 0 Å². The van der Waals surface area contributed by atoms with Crippen LogP contribution >= 0.6 is 68.0 Å². The molecule has 0 radical (unpaired) electrons. The van der Waals surface area contributed by atoms with Crippen molar-refractivity contribution >= 4 is 68.0 Å². The second kappa shape index (κ2) is 8.52. The topological polar surface area (TPSA) is 0 Å². The molecule has 0 aliphatic carbocycles. The Morgan fingerprint density at radius 1 is 0.375 bits per heavy atom. The zero-order valence-electron chi connectivity index (χ0n) is 17.4. The lowest BCUT2D eigenvalue weighted by Gasteiger charge is -1.93. The van der Waals surface area contributed by atoms with Crippen molar-refractivity contribution in [1.29, 1.82) is 0 Å². The fraction of sp³-hybridized carbons (Fsp3) is 0.0769. The van der Waals surface area contributed by atoms with Crippen molar-refractivity contribution in [2.75, 3.05) is 0 Å². The van der Waals surface area contributed by atoms with Gasteiger partial charge in [-0.1, -0.05) is 0 Å². The van der Waals surface area contributed by atoms with Crippen LogP contribution in [0.5, 0.6) is 0 Å². The third kappa shape index (κ3) is 4.00. The van der Waals surface area contributed by atoms with E-state index < -0.39 is 0 Å². The molecule has 0 bridgehead atoms. The lowest BCUT2D eigenvalue weighted by Crippen LogP contribution is -1.60. The minimum atomic E-state index is 1.34. The highest BCUT2D eigenvalue weighted by Crippen LogP contribution is 2.45. The van der Waals surface area contributed by atoms with Crippen molar-refractivity contribution in [1.82, 2.24) is 0 Å². The van der Waals surface area contributed by atoms with Crippen LogP contribution in [0.15, 0.2) is 71.4 Å². The molecule has 0 atom stereocenters. The number of hydrogen-bond acceptors (Lipinski definition) is 6. The number of rotatable bonds is 5. The molecule has 0 aromatic carbocycles. The lowest BCUT2D eigenvalue weighted by atomic mass is 10.3. The number of thiophene rings is 6. The van der Waals surface area contributed by atoms with E-state index in [-0.39, 0.29) is 0 Å². The predicted octanol–water partition coefficient (Wildman–Crippen LogP) is 11.0. The molecule has 6 heteroatoms. The number of aryl methyl sites for hydroxylation is 2. The molecular weight excluding hydrogens is 505 g/mol. The molecule has 158 valence electrons.